The van der Waals surface area contributed by atoms with Gasteiger partial charge in [-0.2, -0.15) is 5.10 Å². The van der Waals surface area contributed by atoms with E-state index >= 15 is 0 Å². The average molecular weight is 451 g/mol. The summed E-state index contributed by atoms with van der Waals surface area (Å²) in [4.78, 5) is 22.2. The lowest BCUT2D eigenvalue weighted by molar-refractivity contribution is -0.133. The van der Waals surface area contributed by atoms with Gasteiger partial charge < -0.3 is 14.2 Å². The summed E-state index contributed by atoms with van der Waals surface area (Å²) in [5.74, 6) is 3.12. The first-order chi connectivity index (χ1) is 15.8. The highest BCUT2D eigenvalue weighted by atomic mass is 16.5. The molecule has 2 aliphatic rings. The van der Waals surface area contributed by atoms with Gasteiger partial charge in [-0.05, 0) is 43.7 Å². The molecule has 2 saturated heterocycles. The lowest BCUT2D eigenvalue weighted by Crippen LogP contribution is -2.49. The molecule has 4 heterocycles. The number of methoxy groups -OCH3 is 1. The molecular formula is C25H34N6O2. The maximum absolute atomic E-state index is 12.9. The van der Waals surface area contributed by atoms with Crippen molar-refractivity contribution in [3.8, 4) is 5.75 Å². The second-order valence-electron chi connectivity index (χ2n) is 10.1. The lowest BCUT2D eigenvalue weighted by atomic mass is 9.72. The first-order valence-corrected chi connectivity index (χ1v) is 11.8. The van der Waals surface area contributed by atoms with Gasteiger partial charge in [-0.3, -0.25) is 14.8 Å². The predicted octanol–water partition coefficient (Wildman–Crippen LogP) is 2.87. The monoisotopic (exact) mass is 450 g/mol. The van der Waals surface area contributed by atoms with E-state index in [2.05, 4.69) is 45.0 Å². The second-order valence-corrected chi connectivity index (χ2v) is 10.1. The molecule has 0 spiro atoms. The Morgan fingerprint density at radius 3 is 2.85 bits per heavy atom. The number of aryl methyl sites for hydroxylation is 2. The highest BCUT2D eigenvalue weighted by Crippen LogP contribution is 2.44. The standard InChI is InChI=1S/C25H34N6O2/c1-16(2)23(32)31-14-19-13-30(9-8-25(19,15-31)24-26-17(3)27-28-24)12-18-11-29(4)22-7-6-20(33-5)10-21(18)22/h6-7,10-11,16,19H,8-9,12-15H2,1-5H3,(H,26,27,28)/t19-,25-/m1/s1. The summed E-state index contributed by atoms with van der Waals surface area (Å²) in [6.45, 7) is 10.1. The number of rotatable bonds is 5. The molecule has 2 atom stereocenters. The third-order valence-electron chi connectivity index (χ3n) is 7.57. The molecule has 1 N–H and O–H groups in total. The fourth-order valence-corrected chi connectivity index (χ4v) is 5.80. The molecule has 8 heteroatoms. The zero-order chi connectivity index (χ0) is 23.3. The number of carbonyl (C=O) groups is 1. The average Bonchev–Trinajstić information content (AvgIpc) is 3.49. The number of nitrogens with zero attached hydrogens (tertiary/aromatic N) is 5. The van der Waals surface area contributed by atoms with Crippen LogP contribution in [0.1, 0.15) is 37.5 Å². The number of H-pyrrole nitrogens is 1. The van der Waals surface area contributed by atoms with E-state index in [1.54, 1.807) is 7.11 Å². The molecule has 2 aromatic heterocycles. The van der Waals surface area contributed by atoms with Crippen LogP contribution >= 0.6 is 0 Å². The summed E-state index contributed by atoms with van der Waals surface area (Å²) in [6.07, 6.45) is 3.18. The van der Waals surface area contributed by atoms with E-state index in [1.807, 2.05) is 31.7 Å². The zero-order valence-electron chi connectivity index (χ0n) is 20.3. The van der Waals surface area contributed by atoms with Crippen LogP contribution < -0.4 is 4.74 Å². The largest absolute Gasteiger partial charge is 0.497 e. The van der Waals surface area contributed by atoms with Gasteiger partial charge in [-0.25, -0.2) is 4.98 Å². The van der Waals surface area contributed by atoms with Crippen molar-refractivity contribution in [2.24, 2.45) is 18.9 Å². The van der Waals surface area contributed by atoms with Gasteiger partial charge in [0.2, 0.25) is 5.91 Å². The normalized spacial score (nSPS) is 23.5. The molecule has 0 bridgehead atoms. The Labute approximate surface area is 194 Å². The van der Waals surface area contributed by atoms with Gasteiger partial charge in [0, 0.05) is 62.2 Å². The van der Waals surface area contributed by atoms with Crippen LogP contribution in [0.4, 0.5) is 0 Å². The van der Waals surface area contributed by atoms with E-state index < -0.39 is 0 Å². The van der Waals surface area contributed by atoms with E-state index in [4.69, 9.17) is 9.72 Å². The number of aromatic amines is 1. The third-order valence-corrected chi connectivity index (χ3v) is 7.57. The lowest BCUT2D eigenvalue weighted by Gasteiger charge is -2.41. The van der Waals surface area contributed by atoms with Crippen molar-refractivity contribution in [3.63, 3.8) is 0 Å². The van der Waals surface area contributed by atoms with Crippen LogP contribution in [0.15, 0.2) is 24.4 Å². The Morgan fingerprint density at radius 1 is 1.33 bits per heavy atom. The van der Waals surface area contributed by atoms with Crippen LogP contribution in [0.25, 0.3) is 10.9 Å². The molecule has 3 aromatic rings. The van der Waals surface area contributed by atoms with Gasteiger partial charge in [0.05, 0.1) is 12.5 Å². The second kappa shape index (κ2) is 8.17. The first kappa shape index (κ1) is 21.9. The Hall–Kier alpha value is -2.87. The Bertz CT molecular complexity index is 1180. The van der Waals surface area contributed by atoms with Crippen LogP contribution in [0.2, 0.25) is 0 Å². The van der Waals surface area contributed by atoms with Crippen LogP contribution in [-0.2, 0) is 23.8 Å². The Morgan fingerprint density at radius 2 is 2.15 bits per heavy atom. The van der Waals surface area contributed by atoms with Gasteiger partial charge in [0.1, 0.15) is 11.6 Å². The van der Waals surface area contributed by atoms with Gasteiger partial charge in [-0.1, -0.05) is 13.8 Å². The number of fused-ring (bicyclic) bond motifs is 2. The number of aromatic nitrogens is 4. The zero-order valence-corrected chi connectivity index (χ0v) is 20.3. The number of amides is 1. The molecule has 0 aliphatic carbocycles. The van der Waals surface area contributed by atoms with Gasteiger partial charge in [-0.15, -0.1) is 0 Å². The number of ether oxygens (including phenoxy) is 1. The number of benzene rings is 1. The molecule has 0 unspecified atom stereocenters. The van der Waals surface area contributed by atoms with Crippen LogP contribution in [0.3, 0.4) is 0 Å². The number of hydrogen-bond acceptors (Lipinski definition) is 5. The van der Waals surface area contributed by atoms with Crippen molar-refractivity contribution in [2.45, 2.75) is 39.2 Å². The molecule has 2 fully saturated rings. The minimum Gasteiger partial charge on any atom is -0.497 e. The number of piperidine rings is 1. The molecule has 176 valence electrons. The summed E-state index contributed by atoms with van der Waals surface area (Å²) in [7, 11) is 3.81. The van der Waals surface area contributed by atoms with E-state index in [0.717, 1.165) is 50.0 Å². The Balaban J connectivity index is 1.42. The number of hydrogen-bond donors (Lipinski definition) is 1. The molecule has 0 saturated carbocycles. The van der Waals surface area contributed by atoms with Crippen LogP contribution in [-0.4, -0.2) is 68.7 Å². The maximum Gasteiger partial charge on any atom is 0.225 e. The molecule has 2 aliphatic heterocycles. The maximum atomic E-state index is 12.9. The van der Waals surface area contributed by atoms with Crippen molar-refractivity contribution in [2.75, 3.05) is 33.3 Å². The number of carbonyl (C=O) groups excluding carboxylic acids is 1. The highest BCUT2D eigenvalue weighted by molar-refractivity contribution is 5.85. The molecule has 8 nitrogen and oxygen atoms in total. The van der Waals surface area contributed by atoms with Gasteiger partial charge in [0.25, 0.3) is 0 Å². The minimum atomic E-state index is -0.173. The van der Waals surface area contributed by atoms with E-state index in [1.165, 1.54) is 16.5 Å². The number of likely N-dealkylation sites (tertiary alicyclic amines) is 2. The van der Waals surface area contributed by atoms with E-state index in [-0.39, 0.29) is 17.2 Å². The summed E-state index contributed by atoms with van der Waals surface area (Å²) in [5.41, 5.74) is 2.34. The topological polar surface area (TPSA) is 79.3 Å². The van der Waals surface area contributed by atoms with Crippen molar-refractivity contribution < 1.29 is 9.53 Å². The quantitative estimate of drug-likeness (QED) is 0.647. The van der Waals surface area contributed by atoms with E-state index in [0.29, 0.717) is 12.5 Å². The smallest absolute Gasteiger partial charge is 0.225 e. The molecule has 1 aromatic carbocycles. The Kier molecular flexibility index (Phi) is 5.43. The van der Waals surface area contributed by atoms with Crippen molar-refractivity contribution >= 4 is 16.8 Å². The summed E-state index contributed by atoms with van der Waals surface area (Å²) < 4.78 is 7.66. The summed E-state index contributed by atoms with van der Waals surface area (Å²) in [6, 6.07) is 6.27. The van der Waals surface area contributed by atoms with Gasteiger partial charge >= 0.3 is 0 Å². The summed E-state index contributed by atoms with van der Waals surface area (Å²) >= 11 is 0. The molecule has 5 rings (SSSR count). The van der Waals surface area contributed by atoms with Crippen LogP contribution in [0, 0.1) is 18.8 Å². The predicted molar refractivity (Wildman–Crippen MR) is 127 cm³/mol. The third kappa shape index (κ3) is 3.70. The van der Waals surface area contributed by atoms with Crippen LogP contribution in [0.5, 0.6) is 5.75 Å². The molecule has 1 amide bonds. The SMILES string of the molecule is COc1ccc2c(c1)c(CN1CC[C@@]3(c4n[nH]c(C)n4)CN(C(=O)C(C)C)C[C@H]3C1)cn2C. The fourth-order valence-electron chi connectivity index (χ4n) is 5.80. The van der Waals surface area contributed by atoms with E-state index in [9.17, 15) is 4.79 Å². The van der Waals surface area contributed by atoms with Crippen molar-refractivity contribution in [1.82, 2.24) is 29.5 Å². The summed E-state index contributed by atoms with van der Waals surface area (Å²) in [5, 5.41) is 8.84. The highest BCUT2D eigenvalue weighted by Gasteiger charge is 2.54. The fraction of sp³-hybridized carbons (Fsp3) is 0.560. The first-order valence-electron chi connectivity index (χ1n) is 11.8. The molecule has 33 heavy (non-hydrogen) atoms. The molecular weight excluding hydrogens is 416 g/mol. The minimum absolute atomic E-state index is 0.00199. The van der Waals surface area contributed by atoms with Gasteiger partial charge in [0.15, 0.2) is 5.82 Å². The molecule has 0 radical (unpaired) electrons. The van der Waals surface area contributed by atoms with Crippen molar-refractivity contribution in [1.29, 1.82) is 0 Å². The van der Waals surface area contributed by atoms with Crippen molar-refractivity contribution in [3.05, 3.63) is 41.6 Å². The number of nitrogens with one attached hydrogen (secondary N) is 1.